The monoisotopic (exact) mass is 415 g/mol. The number of anilines is 2. The van der Waals surface area contributed by atoms with E-state index in [1.165, 1.54) is 28.2 Å². The minimum Gasteiger partial charge on any atom is -0.462 e. The molecule has 1 N–H and O–H groups in total. The fourth-order valence-electron chi connectivity index (χ4n) is 3.56. The van der Waals surface area contributed by atoms with Crippen LogP contribution in [0.15, 0.2) is 24.3 Å². The number of amides is 1. The van der Waals surface area contributed by atoms with Crippen LogP contribution in [0.25, 0.3) is 0 Å². The predicted octanol–water partition coefficient (Wildman–Crippen LogP) is 3.61. The van der Waals surface area contributed by atoms with Crippen LogP contribution in [0.4, 0.5) is 10.7 Å². The SMILES string of the molecule is CCOC(=O)c1cc(C)sc1NC(=O)CN1CCN(c2cccc(C)c2C)CC1. The Morgan fingerprint density at radius 3 is 2.55 bits per heavy atom. The van der Waals surface area contributed by atoms with E-state index in [2.05, 4.69) is 47.2 Å². The number of piperazine rings is 1. The van der Waals surface area contributed by atoms with Gasteiger partial charge in [-0.05, 0) is 51.0 Å². The zero-order chi connectivity index (χ0) is 21.0. The van der Waals surface area contributed by atoms with Gasteiger partial charge in [-0.15, -0.1) is 11.3 Å². The maximum atomic E-state index is 12.6. The van der Waals surface area contributed by atoms with Gasteiger partial charge in [0.2, 0.25) is 5.91 Å². The average molecular weight is 416 g/mol. The van der Waals surface area contributed by atoms with Crippen molar-refractivity contribution in [3.63, 3.8) is 0 Å². The quantitative estimate of drug-likeness (QED) is 0.731. The van der Waals surface area contributed by atoms with Crippen LogP contribution in [0.3, 0.4) is 0 Å². The lowest BCUT2D eigenvalue weighted by molar-refractivity contribution is -0.117. The number of carbonyl (C=O) groups excluding carboxylic acids is 2. The minimum absolute atomic E-state index is 0.0995. The third-order valence-corrected chi connectivity index (χ3v) is 6.23. The zero-order valence-electron chi connectivity index (χ0n) is 17.6. The van der Waals surface area contributed by atoms with Gasteiger partial charge in [0.1, 0.15) is 5.00 Å². The van der Waals surface area contributed by atoms with Crippen LogP contribution in [-0.4, -0.2) is 56.1 Å². The molecule has 0 aliphatic carbocycles. The first kappa shape index (κ1) is 21.3. The van der Waals surface area contributed by atoms with Gasteiger partial charge in [0.15, 0.2) is 0 Å². The summed E-state index contributed by atoms with van der Waals surface area (Å²) < 4.78 is 5.09. The van der Waals surface area contributed by atoms with Gasteiger partial charge in [0, 0.05) is 36.7 Å². The van der Waals surface area contributed by atoms with Crippen molar-refractivity contribution in [1.29, 1.82) is 0 Å². The molecule has 7 heteroatoms. The summed E-state index contributed by atoms with van der Waals surface area (Å²) in [5.74, 6) is -0.494. The van der Waals surface area contributed by atoms with Crippen LogP contribution in [0.5, 0.6) is 0 Å². The summed E-state index contributed by atoms with van der Waals surface area (Å²) in [5.41, 5.74) is 4.33. The molecule has 2 heterocycles. The largest absolute Gasteiger partial charge is 0.462 e. The lowest BCUT2D eigenvalue weighted by atomic mass is 10.1. The third kappa shape index (κ3) is 5.16. The number of ether oxygens (including phenoxy) is 1. The Morgan fingerprint density at radius 2 is 1.86 bits per heavy atom. The Kier molecular flexibility index (Phi) is 6.92. The highest BCUT2D eigenvalue weighted by Crippen LogP contribution is 2.28. The molecule has 0 bridgehead atoms. The summed E-state index contributed by atoms with van der Waals surface area (Å²) in [7, 11) is 0. The summed E-state index contributed by atoms with van der Waals surface area (Å²) in [6, 6.07) is 8.17. The summed E-state index contributed by atoms with van der Waals surface area (Å²) in [6.07, 6.45) is 0. The van der Waals surface area contributed by atoms with E-state index >= 15 is 0 Å². The first-order valence-electron chi connectivity index (χ1n) is 10.00. The van der Waals surface area contributed by atoms with Crippen molar-refractivity contribution in [3.05, 3.63) is 45.8 Å². The molecule has 29 heavy (non-hydrogen) atoms. The predicted molar refractivity (Wildman–Crippen MR) is 118 cm³/mol. The maximum Gasteiger partial charge on any atom is 0.341 e. The number of esters is 1. The topological polar surface area (TPSA) is 61.9 Å². The third-order valence-electron chi connectivity index (χ3n) is 5.26. The van der Waals surface area contributed by atoms with E-state index in [1.54, 1.807) is 13.0 Å². The normalized spacial score (nSPS) is 14.7. The number of aryl methyl sites for hydroxylation is 2. The van der Waals surface area contributed by atoms with E-state index in [9.17, 15) is 9.59 Å². The molecular weight excluding hydrogens is 386 g/mol. The van der Waals surface area contributed by atoms with Crippen LogP contribution in [0.1, 0.15) is 33.3 Å². The molecule has 0 spiro atoms. The summed E-state index contributed by atoms with van der Waals surface area (Å²) >= 11 is 1.40. The summed E-state index contributed by atoms with van der Waals surface area (Å²) in [4.78, 5) is 30.2. The van der Waals surface area contributed by atoms with E-state index in [4.69, 9.17) is 4.74 Å². The number of hydrogen-bond donors (Lipinski definition) is 1. The first-order valence-corrected chi connectivity index (χ1v) is 10.8. The van der Waals surface area contributed by atoms with Gasteiger partial charge >= 0.3 is 5.97 Å². The number of nitrogens with one attached hydrogen (secondary N) is 1. The van der Waals surface area contributed by atoms with Gasteiger partial charge in [-0.2, -0.15) is 0 Å². The molecule has 1 aromatic carbocycles. The van der Waals surface area contributed by atoms with Crippen LogP contribution in [0, 0.1) is 20.8 Å². The van der Waals surface area contributed by atoms with Crippen molar-refractivity contribution in [2.45, 2.75) is 27.7 Å². The van der Waals surface area contributed by atoms with Gasteiger partial charge < -0.3 is 15.0 Å². The lowest BCUT2D eigenvalue weighted by Crippen LogP contribution is -2.48. The van der Waals surface area contributed by atoms with Gasteiger partial charge in [-0.25, -0.2) is 4.79 Å². The summed E-state index contributed by atoms with van der Waals surface area (Å²) in [6.45, 7) is 12.1. The Labute approximate surface area is 176 Å². The molecule has 1 aliphatic rings. The van der Waals surface area contributed by atoms with E-state index in [1.807, 2.05) is 6.92 Å². The Morgan fingerprint density at radius 1 is 1.14 bits per heavy atom. The highest BCUT2D eigenvalue weighted by Gasteiger charge is 2.22. The number of hydrogen-bond acceptors (Lipinski definition) is 6. The highest BCUT2D eigenvalue weighted by molar-refractivity contribution is 7.16. The molecule has 0 radical (unpaired) electrons. The van der Waals surface area contributed by atoms with Gasteiger partial charge in [-0.1, -0.05) is 12.1 Å². The maximum absolute atomic E-state index is 12.6. The van der Waals surface area contributed by atoms with E-state index in [0.29, 0.717) is 23.7 Å². The summed E-state index contributed by atoms with van der Waals surface area (Å²) in [5, 5.41) is 3.47. The van der Waals surface area contributed by atoms with Gasteiger partial charge in [0.25, 0.3) is 0 Å². The van der Waals surface area contributed by atoms with E-state index in [-0.39, 0.29) is 5.91 Å². The second-order valence-corrected chi connectivity index (χ2v) is 8.61. The lowest BCUT2D eigenvalue weighted by Gasteiger charge is -2.36. The molecular formula is C22H29N3O3S. The molecule has 1 aromatic heterocycles. The molecule has 2 aromatic rings. The molecule has 3 rings (SSSR count). The Hall–Kier alpha value is -2.38. The van der Waals surface area contributed by atoms with Crippen LogP contribution >= 0.6 is 11.3 Å². The van der Waals surface area contributed by atoms with Crippen molar-refractivity contribution >= 4 is 33.9 Å². The van der Waals surface area contributed by atoms with E-state index < -0.39 is 5.97 Å². The smallest absolute Gasteiger partial charge is 0.341 e. The molecule has 1 fully saturated rings. The zero-order valence-corrected chi connectivity index (χ0v) is 18.4. The van der Waals surface area contributed by atoms with Crippen LogP contribution in [-0.2, 0) is 9.53 Å². The van der Waals surface area contributed by atoms with Crippen molar-refractivity contribution in [1.82, 2.24) is 4.90 Å². The molecule has 156 valence electrons. The second kappa shape index (κ2) is 9.41. The molecule has 6 nitrogen and oxygen atoms in total. The van der Waals surface area contributed by atoms with Crippen molar-refractivity contribution in [2.75, 3.05) is 49.5 Å². The molecule has 0 unspecified atom stereocenters. The van der Waals surface area contributed by atoms with Crippen LogP contribution in [0.2, 0.25) is 0 Å². The van der Waals surface area contributed by atoms with Gasteiger partial charge in [0.05, 0.1) is 18.7 Å². The van der Waals surface area contributed by atoms with Gasteiger partial charge in [-0.3, -0.25) is 9.69 Å². The fourth-order valence-corrected chi connectivity index (χ4v) is 4.48. The average Bonchev–Trinajstić information content (AvgIpc) is 3.05. The van der Waals surface area contributed by atoms with Crippen LogP contribution < -0.4 is 10.2 Å². The minimum atomic E-state index is -0.394. The number of carbonyl (C=O) groups is 2. The number of thiophene rings is 1. The van der Waals surface area contributed by atoms with Crippen molar-refractivity contribution < 1.29 is 14.3 Å². The Bertz CT molecular complexity index is 885. The molecule has 0 saturated carbocycles. The second-order valence-electron chi connectivity index (χ2n) is 7.35. The highest BCUT2D eigenvalue weighted by atomic mass is 32.1. The molecule has 1 aliphatic heterocycles. The Balaban J connectivity index is 1.55. The fraction of sp³-hybridized carbons (Fsp3) is 0.455. The van der Waals surface area contributed by atoms with Crippen molar-refractivity contribution in [2.24, 2.45) is 0 Å². The number of benzene rings is 1. The molecule has 0 atom stereocenters. The first-order chi connectivity index (χ1) is 13.9. The molecule has 1 saturated heterocycles. The standard InChI is InChI=1S/C22H29N3O3S/c1-5-28-22(27)18-13-16(3)29-21(18)23-20(26)14-24-9-11-25(12-10-24)19-8-6-7-15(2)17(19)4/h6-8,13H,5,9-12,14H2,1-4H3,(H,23,26). The van der Waals surface area contributed by atoms with E-state index in [0.717, 1.165) is 31.1 Å². The molecule has 1 amide bonds. The number of nitrogens with zero attached hydrogens (tertiary/aromatic N) is 2. The number of rotatable bonds is 6. The van der Waals surface area contributed by atoms with Crippen molar-refractivity contribution in [3.8, 4) is 0 Å².